The molecule has 136 valence electrons. The fraction of sp³-hybridized carbons (Fsp3) is 0.300. The van der Waals surface area contributed by atoms with E-state index in [0.29, 0.717) is 18.2 Å². The molecule has 1 unspecified atom stereocenters. The number of methoxy groups -OCH3 is 1. The second-order valence-corrected chi connectivity index (χ2v) is 6.18. The maximum absolute atomic E-state index is 11.3. The monoisotopic (exact) mass is 354 g/mol. The first-order valence-electron chi connectivity index (χ1n) is 8.45. The Morgan fingerprint density at radius 3 is 2.77 bits per heavy atom. The normalized spacial score (nSPS) is 15.5. The predicted octanol–water partition coefficient (Wildman–Crippen LogP) is 3.96. The number of ether oxygens (including phenoxy) is 2. The number of anilines is 1. The van der Waals surface area contributed by atoms with Crippen LogP contribution in [0.4, 0.5) is 5.69 Å². The molecule has 0 saturated carbocycles. The quantitative estimate of drug-likeness (QED) is 0.846. The van der Waals surface area contributed by atoms with Crippen molar-refractivity contribution in [1.29, 1.82) is 0 Å². The highest BCUT2D eigenvalue weighted by Gasteiger charge is 2.29. The van der Waals surface area contributed by atoms with E-state index in [-0.39, 0.29) is 11.5 Å². The van der Waals surface area contributed by atoms with Crippen LogP contribution >= 0.6 is 0 Å². The molecule has 26 heavy (non-hydrogen) atoms. The summed E-state index contributed by atoms with van der Waals surface area (Å²) in [5, 5.41) is 12.6. The lowest BCUT2D eigenvalue weighted by atomic mass is 9.85. The molecule has 0 radical (unpaired) electrons. The fourth-order valence-electron chi connectivity index (χ4n) is 3.23. The van der Waals surface area contributed by atoms with Gasteiger partial charge in [-0.1, -0.05) is 12.1 Å². The number of hydrogen-bond donors (Lipinski definition) is 2. The number of carbonyl (C=O) groups is 1. The van der Waals surface area contributed by atoms with Gasteiger partial charge in [-0.25, -0.2) is 9.78 Å². The SMILES string of the molecule is CCOc1ncc(C)c2c1C(c1ccc(C(=O)O)cc1OC)C=C(C)N2. The maximum Gasteiger partial charge on any atom is 0.335 e. The second kappa shape index (κ2) is 7.07. The summed E-state index contributed by atoms with van der Waals surface area (Å²) in [6.45, 7) is 6.42. The van der Waals surface area contributed by atoms with E-state index >= 15 is 0 Å². The summed E-state index contributed by atoms with van der Waals surface area (Å²) < 4.78 is 11.3. The molecule has 1 aromatic heterocycles. The number of allylic oxidation sites excluding steroid dienone is 2. The summed E-state index contributed by atoms with van der Waals surface area (Å²) in [6.07, 6.45) is 3.86. The molecule has 0 aliphatic carbocycles. The number of aromatic carboxylic acids is 1. The Bertz CT molecular complexity index is 890. The van der Waals surface area contributed by atoms with Crippen molar-refractivity contribution in [2.75, 3.05) is 19.0 Å². The molecule has 0 spiro atoms. The minimum Gasteiger partial charge on any atom is -0.496 e. The van der Waals surface area contributed by atoms with Crippen molar-refractivity contribution in [1.82, 2.24) is 4.98 Å². The number of nitrogens with one attached hydrogen (secondary N) is 1. The largest absolute Gasteiger partial charge is 0.496 e. The minimum absolute atomic E-state index is 0.155. The lowest BCUT2D eigenvalue weighted by Crippen LogP contribution is -2.16. The first-order valence-corrected chi connectivity index (χ1v) is 8.45. The van der Waals surface area contributed by atoms with Crippen molar-refractivity contribution < 1.29 is 19.4 Å². The molecule has 0 fully saturated rings. The minimum atomic E-state index is -0.986. The van der Waals surface area contributed by atoms with E-state index in [1.807, 2.05) is 20.8 Å². The molecule has 2 aromatic rings. The number of carboxylic acids is 1. The smallest absolute Gasteiger partial charge is 0.335 e. The van der Waals surface area contributed by atoms with Crippen LogP contribution in [0, 0.1) is 6.92 Å². The summed E-state index contributed by atoms with van der Waals surface area (Å²) in [4.78, 5) is 15.7. The summed E-state index contributed by atoms with van der Waals surface area (Å²) in [6, 6.07) is 4.94. The zero-order chi connectivity index (χ0) is 18.8. The number of fused-ring (bicyclic) bond motifs is 1. The molecule has 2 N–H and O–H groups in total. The number of hydrogen-bond acceptors (Lipinski definition) is 5. The van der Waals surface area contributed by atoms with Gasteiger partial charge in [0.2, 0.25) is 5.88 Å². The molecule has 1 aliphatic heterocycles. The van der Waals surface area contributed by atoms with E-state index in [1.165, 1.54) is 0 Å². The Morgan fingerprint density at radius 1 is 1.35 bits per heavy atom. The fourth-order valence-corrected chi connectivity index (χ4v) is 3.23. The number of benzene rings is 1. The van der Waals surface area contributed by atoms with Crippen molar-refractivity contribution in [3.05, 3.63) is 58.4 Å². The van der Waals surface area contributed by atoms with Crippen LogP contribution in [-0.2, 0) is 0 Å². The van der Waals surface area contributed by atoms with Gasteiger partial charge >= 0.3 is 5.97 Å². The molecular weight excluding hydrogens is 332 g/mol. The summed E-state index contributed by atoms with van der Waals surface area (Å²) in [5.41, 5.74) is 4.98. The van der Waals surface area contributed by atoms with Gasteiger partial charge in [0.25, 0.3) is 0 Å². The third kappa shape index (κ3) is 3.10. The predicted molar refractivity (Wildman–Crippen MR) is 99.3 cm³/mol. The molecule has 2 heterocycles. The van der Waals surface area contributed by atoms with Crippen molar-refractivity contribution in [2.24, 2.45) is 0 Å². The lowest BCUT2D eigenvalue weighted by Gasteiger charge is -2.28. The standard InChI is InChI=1S/C20H22N2O4/c1-5-26-19-17-15(8-12(3)22-18(17)11(2)10-21-19)14-7-6-13(20(23)24)9-16(14)25-4/h6-10,15,22H,5H2,1-4H3,(H,23,24). The number of aryl methyl sites for hydroxylation is 1. The molecule has 0 bridgehead atoms. The highest BCUT2D eigenvalue weighted by Crippen LogP contribution is 2.45. The molecule has 0 amide bonds. The number of carboxylic acid groups (broad SMARTS) is 1. The molecule has 1 atom stereocenters. The van der Waals surface area contributed by atoms with E-state index in [2.05, 4.69) is 16.4 Å². The van der Waals surface area contributed by atoms with Gasteiger partial charge in [-0.05, 0) is 38.5 Å². The molecular formula is C20H22N2O4. The number of rotatable bonds is 5. The maximum atomic E-state index is 11.3. The van der Waals surface area contributed by atoms with E-state index in [4.69, 9.17) is 9.47 Å². The zero-order valence-corrected chi connectivity index (χ0v) is 15.3. The van der Waals surface area contributed by atoms with Gasteiger partial charge in [-0.2, -0.15) is 0 Å². The van der Waals surface area contributed by atoms with Crippen LogP contribution < -0.4 is 14.8 Å². The van der Waals surface area contributed by atoms with Gasteiger partial charge in [0.15, 0.2) is 0 Å². The average Bonchev–Trinajstić information content (AvgIpc) is 2.63. The van der Waals surface area contributed by atoms with Crippen molar-refractivity contribution in [2.45, 2.75) is 26.7 Å². The lowest BCUT2D eigenvalue weighted by molar-refractivity contribution is 0.0696. The van der Waals surface area contributed by atoms with Crippen LogP contribution in [0.5, 0.6) is 11.6 Å². The number of nitrogens with zero attached hydrogens (tertiary/aromatic N) is 1. The summed E-state index contributed by atoms with van der Waals surface area (Å²) in [7, 11) is 1.54. The topological polar surface area (TPSA) is 80.7 Å². The highest BCUT2D eigenvalue weighted by atomic mass is 16.5. The molecule has 0 saturated heterocycles. The van der Waals surface area contributed by atoms with Crippen LogP contribution in [0.3, 0.4) is 0 Å². The summed E-state index contributed by atoms with van der Waals surface area (Å²) in [5.74, 6) is -0.0488. The van der Waals surface area contributed by atoms with Crippen LogP contribution in [-0.4, -0.2) is 29.8 Å². The molecule has 6 nitrogen and oxygen atoms in total. The third-order valence-electron chi connectivity index (χ3n) is 4.42. The molecule has 1 aromatic carbocycles. The van der Waals surface area contributed by atoms with E-state index < -0.39 is 5.97 Å². The first kappa shape index (κ1) is 17.8. The highest BCUT2D eigenvalue weighted by molar-refractivity contribution is 5.88. The third-order valence-corrected chi connectivity index (χ3v) is 4.42. The number of aromatic nitrogens is 1. The molecule has 3 rings (SSSR count). The zero-order valence-electron chi connectivity index (χ0n) is 15.3. The van der Waals surface area contributed by atoms with Crippen molar-refractivity contribution in [3.8, 4) is 11.6 Å². The second-order valence-electron chi connectivity index (χ2n) is 6.18. The molecule has 1 aliphatic rings. The summed E-state index contributed by atoms with van der Waals surface area (Å²) >= 11 is 0. The van der Waals surface area contributed by atoms with Gasteiger partial charge in [-0.15, -0.1) is 0 Å². The van der Waals surface area contributed by atoms with E-state index in [1.54, 1.807) is 31.5 Å². The molecule has 6 heteroatoms. The van der Waals surface area contributed by atoms with Crippen LogP contribution in [0.25, 0.3) is 0 Å². The van der Waals surface area contributed by atoms with E-state index in [0.717, 1.165) is 28.1 Å². The van der Waals surface area contributed by atoms with Gasteiger partial charge in [0.1, 0.15) is 5.75 Å². The van der Waals surface area contributed by atoms with Crippen molar-refractivity contribution in [3.63, 3.8) is 0 Å². The van der Waals surface area contributed by atoms with Crippen molar-refractivity contribution >= 4 is 11.7 Å². The van der Waals surface area contributed by atoms with E-state index in [9.17, 15) is 9.90 Å². The Labute approximate surface area is 152 Å². The Hall–Kier alpha value is -3.02. The first-order chi connectivity index (χ1) is 12.5. The Morgan fingerprint density at radius 2 is 2.12 bits per heavy atom. The van der Waals surface area contributed by atoms with Gasteiger partial charge in [-0.3, -0.25) is 0 Å². The van der Waals surface area contributed by atoms with Gasteiger partial charge in [0.05, 0.1) is 25.0 Å². The average molecular weight is 354 g/mol. The van der Waals surface area contributed by atoms with Crippen LogP contribution in [0.1, 0.15) is 46.8 Å². The number of pyridine rings is 1. The van der Waals surface area contributed by atoms with Gasteiger partial charge in [0, 0.05) is 28.9 Å². The van der Waals surface area contributed by atoms with Gasteiger partial charge < -0.3 is 19.9 Å². The Balaban J connectivity index is 2.22. The van der Waals surface area contributed by atoms with Crippen LogP contribution in [0.2, 0.25) is 0 Å². The Kier molecular flexibility index (Phi) is 4.84. The van der Waals surface area contributed by atoms with Crippen LogP contribution in [0.15, 0.2) is 36.2 Å².